The molecule has 5 aromatic rings. The van der Waals surface area contributed by atoms with E-state index >= 15 is 0 Å². The fraction of sp³-hybridized carbons (Fsp3) is 0.468. The summed E-state index contributed by atoms with van der Waals surface area (Å²) in [5.41, 5.74) is 1.45. The monoisotopic (exact) mass is 1190 g/mol. The van der Waals surface area contributed by atoms with Crippen LogP contribution in [-0.4, -0.2) is 161 Å². The summed E-state index contributed by atoms with van der Waals surface area (Å²) in [6.45, 7) is 4.18. The predicted molar refractivity (Wildman–Crippen MR) is 299 cm³/mol. The van der Waals surface area contributed by atoms with Crippen molar-refractivity contribution in [2.45, 2.75) is 120 Å². The molecule has 5 saturated heterocycles. The zero-order valence-electron chi connectivity index (χ0n) is 47.0. The van der Waals surface area contributed by atoms with E-state index in [1.54, 1.807) is 50.5 Å². The standard InChI is InChI=1S/C32H37NO7.C19H25NO6.C7H7O.C4H8O.BrH.Mg/c1-36-26-15-11-24(12-16-26)32(35,25-13-17-27(37-2)18-14-25)29-20-28(40-30-10-6-7-19-38-30)21-33(29)31(34)39-22-23-8-4-3-5-9-23;1-23-18(21)16-11-15(26-17-9-5-6-10-24-17)12-20(16)19(22)25-13-14-7-3-2-4-8-14;1-8-7-5-3-2-4-6-7;1-2-4-5-3-1;;/h3-5,8-9,11-18,28-30,35H,6-7,10,19-22H2,1-2H3;2-4,7-8,15-17H,5-6,9-13H2,1H3;3-6H,1H3;1-4H2;1H;/q;;-1;;;+2/p-1/t28-,29+,30?;15-,16+,17?;;;;/m11..../s1. The maximum Gasteiger partial charge on any atom is 2.00 e. The summed E-state index contributed by atoms with van der Waals surface area (Å²) in [6, 6.07) is 42.4. The minimum atomic E-state index is -1.57. The third kappa shape index (κ3) is 20.1. The van der Waals surface area contributed by atoms with Gasteiger partial charge in [0.15, 0.2) is 12.6 Å². The van der Waals surface area contributed by atoms with Crippen LogP contribution >= 0.6 is 0 Å². The normalized spacial score (nSPS) is 21.0. The molecule has 0 bridgehead atoms. The summed E-state index contributed by atoms with van der Waals surface area (Å²) in [7, 11) is 6.16. The Hall–Kier alpha value is -5.48. The number of aliphatic hydroxyl groups is 1. The van der Waals surface area contributed by atoms with E-state index in [-0.39, 0.29) is 91.1 Å². The Labute approximate surface area is 503 Å². The van der Waals surface area contributed by atoms with Crippen molar-refractivity contribution in [3.63, 3.8) is 0 Å². The molecule has 434 valence electrons. The third-order valence-corrected chi connectivity index (χ3v) is 14.1. The van der Waals surface area contributed by atoms with Gasteiger partial charge in [-0.3, -0.25) is 9.80 Å². The van der Waals surface area contributed by atoms with Gasteiger partial charge in [0, 0.05) is 38.6 Å². The Bertz CT molecular complexity index is 2490. The van der Waals surface area contributed by atoms with Gasteiger partial charge in [-0.25, -0.2) is 14.4 Å². The topological polar surface area (TPSA) is 179 Å². The van der Waals surface area contributed by atoms with Crippen LogP contribution in [0.2, 0.25) is 0 Å². The number of benzene rings is 5. The van der Waals surface area contributed by atoms with Gasteiger partial charge in [0.2, 0.25) is 0 Å². The summed E-state index contributed by atoms with van der Waals surface area (Å²) in [5.74, 6) is 1.75. The molecule has 0 saturated carbocycles. The van der Waals surface area contributed by atoms with Gasteiger partial charge in [0.1, 0.15) is 36.4 Å². The number of halogens is 1. The van der Waals surface area contributed by atoms with Crippen molar-refractivity contribution in [3.8, 4) is 17.2 Å². The van der Waals surface area contributed by atoms with Crippen LogP contribution in [0.3, 0.4) is 0 Å². The van der Waals surface area contributed by atoms with E-state index in [0.29, 0.717) is 48.7 Å². The van der Waals surface area contributed by atoms with Crippen LogP contribution < -0.4 is 31.2 Å². The molecule has 0 aromatic heterocycles. The molecule has 6 atom stereocenters. The molecule has 10 rings (SSSR count). The zero-order valence-corrected chi connectivity index (χ0v) is 50.0. The second-order valence-corrected chi connectivity index (χ2v) is 19.5. The first-order valence-corrected chi connectivity index (χ1v) is 27.3. The minimum absolute atomic E-state index is 0. The average molecular weight is 1190 g/mol. The molecule has 0 radical (unpaired) electrons. The van der Waals surface area contributed by atoms with E-state index in [1.807, 2.05) is 109 Å². The molecular formula is C62H77BrMgN2O15. The number of likely N-dealkylation sites (tertiary alicyclic amines) is 2. The summed E-state index contributed by atoms with van der Waals surface area (Å²) in [6.07, 6.45) is 6.86. The van der Waals surface area contributed by atoms with E-state index in [2.05, 4.69) is 6.07 Å². The van der Waals surface area contributed by atoms with Gasteiger partial charge in [-0.15, -0.1) is 12.1 Å². The number of rotatable bonds is 15. The number of methoxy groups -OCH3 is 4. The van der Waals surface area contributed by atoms with Crippen molar-refractivity contribution in [1.82, 2.24) is 9.80 Å². The summed E-state index contributed by atoms with van der Waals surface area (Å²) >= 11 is 0. The number of hydrogen-bond donors (Lipinski definition) is 1. The first kappa shape index (κ1) is 66.3. The molecule has 5 aromatic carbocycles. The number of carbonyl (C=O) groups is 3. The number of amides is 2. The second kappa shape index (κ2) is 35.5. The van der Waals surface area contributed by atoms with Crippen LogP contribution in [0.5, 0.6) is 17.2 Å². The Balaban J connectivity index is 0.000000249. The first-order valence-electron chi connectivity index (χ1n) is 27.3. The van der Waals surface area contributed by atoms with Gasteiger partial charge < -0.3 is 74.2 Å². The molecule has 5 aliphatic rings. The Morgan fingerprint density at radius 2 is 1.00 bits per heavy atom. The second-order valence-electron chi connectivity index (χ2n) is 19.5. The Morgan fingerprint density at radius 3 is 1.41 bits per heavy atom. The zero-order chi connectivity index (χ0) is 55.7. The van der Waals surface area contributed by atoms with Crippen LogP contribution in [0.4, 0.5) is 9.59 Å². The quantitative estimate of drug-likeness (QED) is 0.0509. The molecule has 81 heavy (non-hydrogen) atoms. The smallest absolute Gasteiger partial charge is 1.00 e. The average Bonchev–Trinajstić information content (AvgIpc) is 4.41. The molecule has 5 aliphatic heterocycles. The van der Waals surface area contributed by atoms with Crippen molar-refractivity contribution in [2.75, 3.05) is 68.0 Å². The molecule has 5 heterocycles. The van der Waals surface area contributed by atoms with Gasteiger partial charge >= 0.3 is 41.2 Å². The molecule has 2 unspecified atom stereocenters. The first-order chi connectivity index (χ1) is 38.6. The van der Waals surface area contributed by atoms with E-state index in [9.17, 15) is 19.5 Å². The SMILES string of the molecule is C1CCOC1.COC(=O)[C@@H]1C[C@@H](OC2CCCCO2)CN1C(=O)OCc1ccccc1.COc1cc[c-]cc1.COc1ccc(C(O)(c2ccc(OC)cc2)[C@@H]2C[C@@H](OC3CCCCO3)CN2C(=O)OCc2ccccc2)cc1.[Br-].[Mg+2]. The maximum absolute atomic E-state index is 13.6. The van der Waals surface area contributed by atoms with Crippen molar-refractivity contribution < 1.29 is 88.6 Å². The molecule has 5 fully saturated rings. The van der Waals surface area contributed by atoms with Crippen LogP contribution in [0, 0.1) is 6.07 Å². The van der Waals surface area contributed by atoms with Gasteiger partial charge in [0.25, 0.3) is 0 Å². The van der Waals surface area contributed by atoms with Crippen molar-refractivity contribution in [1.29, 1.82) is 0 Å². The van der Waals surface area contributed by atoms with E-state index in [0.717, 1.165) is 68.6 Å². The third-order valence-electron chi connectivity index (χ3n) is 14.1. The maximum atomic E-state index is 13.6. The molecule has 17 nitrogen and oxygen atoms in total. The fourth-order valence-electron chi connectivity index (χ4n) is 9.88. The number of nitrogens with zero attached hydrogens (tertiary/aromatic N) is 2. The minimum Gasteiger partial charge on any atom is -1.00 e. The predicted octanol–water partition coefficient (Wildman–Crippen LogP) is 6.66. The van der Waals surface area contributed by atoms with Crippen molar-refractivity contribution in [2.24, 2.45) is 0 Å². The van der Waals surface area contributed by atoms with E-state index in [1.165, 1.54) is 24.9 Å². The Morgan fingerprint density at radius 1 is 0.568 bits per heavy atom. The molecule has 19 heteroatoms. The molecule has 0 spiro atoms. The molecule has 2 amide bonds. The van der Waals surface area contributed by atoms with Gasteiger partial charge in [-0.2, -0.15) is 18.2 Å². The number of ether oxygens (including phenoxy) is 11. The van der Waals surface area contributed by atoms with Crippen molar-refractivity contribution in [3.05, 3.63) is 162 Å². The van der Waals surface area contributed by atoms with Crippen LogP contribution in [-0.2, 0) is 61.5 Å². The molecule has 1 N–H and O–H groups in total. The fourth-order valence-corrected chi connectivity index (χ4v) is 9.88. The number of hydrogen-bond acceptors (Lipinski definition) is 15. The summed E-state index contributed by atoms with van der Waals surface area (Å²) in [5, 5.41) is 12.7. The van der Waals surface area contributed by atoms with Crippen LogP contribution in [0.15, 0.2) is 133 Å². The Kier molecular flexibility index (Phi) is 29.1. The van der Waals surface area contributed by atoms with Gasteiger partial charge in [-0.05, 0) is 104 Å². The summed E-state index contributed by atoms with van der Waals surface area (Å²) < 4.78 is 60.2. The van der Waals surface area contributed by atoms with E-state index < -0.39 is 35.8 Å². The molecular weight excluding hydrogens is 1120 g/mol. The van der Waals surface area contributed by atoms with Gasteiger partial charge in [0.05, 0.1) is 59.8 Å². The van der Waals surface area contributed by atoms with Crippen LogP contribution in [0.25, 0.3) is 0 Å². The summed E-state index contributed by atoms with van der Waals surface area (Å²) in [4.78, 5) is 41.2. The molecule has 0 aliphatic carbocycles. The van der Waals surface area contributed by atoms with Crippen LogP contribution in [0.1, 0.15) is 86.5 Å². The van der Waals surface area contributed by atoms with Gasteiger partial charge in [-0.1, -0.05) is 84.9 Å². The number of esters is 1. The van der Waals surface area contributed by atoms with E-state index in [4.69, 9.17) is 52.1 Å². The number of carbonyl (C=O) groups excluding carboxylic acids is 3. The largest absolute Gasteiger partial charge is 2.00 e. The van der Waals surface area contributed by atoms with Crippen molar-refractivity contribution >= 4 is 41.2 Å².